The van der Waals surface area contributed by atoms with Gasteiger partial charge in [0.05, 0.1) is 17.4 Å². The first-order valence-electron chi connectivity index (χ1n) is 3.47. The molecule has 0 saturated carbocycles. The highest BCUT2D eigenvalue weighted by Crippen LogP contribution is 2.09. The minimum absolute atomic E-state index is 0.158. The highest BCUT2D eigenvalue weighted by Gasteiger charge is 2.07. The number of hydrogen-bond acceptors (Lipinski definition) is 3. The van der Waals surface area contributed by atoms with Crippen LogP contribution in [-0.4, -0.2) is 13.0 Å². The van der Waals surface area contributed by atoms with Crippen LogP contribution in [0.1, 0.15) is 5.56 Å². The molecule has 0 amide bonds. The monoisotopic (exact) mass is 197 g/mol. The predicted octanol–water partition coefficient (Wildman–Crippen LogP) is 0.999. The normalized spacial score (nSPS) is 10.8. The fourth-order valence-electron chi connectivity index (χ4n) is 0.871. The number of nitrogens with zero attached hydrogens (tertiary/aromatic N) is 1. The van der Waals surface area contributed by atoms with Crippen molar-refractivity contribution in [3.8, 4) is 6.07 Å². The van der Waals surface area contributed by atoms with E-state index in [-0.39, 0.29) is 11.3 Å². The topological polar surface area (TPSA) is 78.2 Å². The van der Waals surface area contributed by atoms with Crippen molar-refractivity contribution < 1.29 is 13.0 Å². The standard InChI is InChI=1S/C8H7NO3S/c9-6-5-7-1-3-8(4-2-7)13(10,11)12/h1-4H,5H2,(H,10,11,12). The minimum atomic E-state index is -4.12. The van der Waals surface area contributed by atoms with E-state index in [0.29, 0.717) is 0 Å². The molecule has 13 heavy (non-hydrogen) atoms. The molecule has 1 aromatic carbocycles. The van der Waals surface area contributed by atoms with Gasteiger partial charge in [-0.1, -0.05) is 12.1 Å². The highest BCUT2D eigenvalue weighted by molar-refractivity contribution is 7.85. The molecule has 1 aromatic rings. The Morgan fingerprint density at radius 3 is 2.23 bits per heavy atom. The molecule has 1 rings (SSSR count). The Bertz CT molecular complexity index is 427. The van der Waals surface area contributed by atoms with Crippen LogP contribution in [-0.2, 0) is 16.5 Å². The van der Waals surface area contributed by atoms with Crippen LogP contribution in [0.25, 0.3) is 0 Å². The van der Waals surface area contributed by atoms with Crippen LogP contribution in [0.3, 0.4) is 0 Å². The van der Waals surface area contributed by atoms with Gasteiger partial charge in [-0.15, -0.1) is 0 Å². The average Bonchev–Trinajstić information content (AvgIpc) is 2.04. The minimum Gasteiger partial charge on any atom is -0.282 e. The van der Waals surface area contributed by atoms with Gasteiger partial charge in [0.25, 0.3) is 10.1 Å². The Hall–Kier alpha value is -1.38. The summed E-state index contributed by atoms with van der Waals surface area (Å²) in [5.41, 5.74) is 0.718. The summed E-state index contributed by atoms with van der Waals surface area (Å²) in [4.78, 5) is -0.158. The molecule has 0 heterocycles. The highest BCUT2D eigenvalue weighted by atomic mass is 32.2. The van der Waals surface area contributed by atoms with E-state index < -0.39 is 10.1 Å². The Labute approximate surface area is 76.2 Å². The van der Waals surface area contributed by atoms with E-state index in [0.717, 1.165) is 5.56 Å². The second-order valence-electron chi connectivity index (χ2n) is 2.45. The maximum atomic E-state index is 10.6. The lowest BCUT2D eigenvalue weighted by Crippen LogP contribution is -1.97. The SMILES string of the molecule is N#CCc1ccc(S(=O)(=O)O)cc1. The third-order valence-corrected chi connectivity index (χ3v) is 2.37. The van der Waals surface area contributed by atoms with Crippen LogP contribution < -0.4 is 0 Å². The molecule has 0 aliphatic rings. The van der Waals surface area contributed by atoms with Gasteiger partial charge in [0, 0.05) is 0 Å². The number of nitriles is 1. The van der Waals surface area contributed by atoms with Crippen molar-refractivity contribution >= 4 is 10.1 Å². The van der Waals surface area contributed by atoms with Gasteiger partial charge in [0.15, 0.2) is 0 Å². The molecule has 0 radical (unpaired) electrons. The zero-order chi connectivity index (χ0) is 9.90. The fraction of sp³-hybridized carbons (Fsp3) is 0.125. The summed E-state index contributed by atoms with van der Waals surface area (Å²) in [7, 11) is -4.12. The van der Waals surface area contributed by atoms with Gasteiger partial charge in [0.1, 0.15) is 0 Å². The fourth-order valence-corrected chi connectivity index (χ4v) is 1.35. The van der Waals surface area contributed by atoms with E-state index >= 15 is 0 Å². The van der Waals surface area contributed by atoms with Gasteiger partial charge >= 0.3 is 0 Å². The van der Waals surface area contributed by atoms with Gasteiger partial charge in [-0.2, -0.15) is 13.7 Å². The molecule has 0 saturated heterocycles. The molecule has 5 heteroatoms. The molecule has 0 fully saturated rings. The Kier molecular flexibility index (Phi) is 2.66. The summed E-state index contributed by atoms with van der Waals surface area (Å²) >= 11 is 0. The van der Waals surface area contributed by atoms with Gasteiger partial charge in [0.2, 0.25) is 0 Å². The van der Waals surface area contributed by atoms with E-state index in [1.807, 2.05) is 6.07 Å². The van der Waals surface area contributed by atoms with Crippen LogP contribution in [0.5, 0.6) is 0 Å². The maximum Gasteiger partial charge on any atom is 0.294 e. The molecule has 0 aliphatic heterocycles. The van der Waals surface area contributed by atoms with Gasteiger partial charge in [-0.25, -0.2) is 0 Å². The molecule has 0 bridgehead atoms. The van der Waals surface area contributed by atoms with Crippen molar-refractivity contribution in [3.63, 3.8) is 0 Å². The van der Waals surface area contributed by atoms with E-state index in [9.17, 15) is 8.42 Å². The van der Waals surface area contributed by atoms with Crippen molar-refractivity contribution in [2.45, 2.75) is 11.3 Å². The molecule has 4 nitrogen and oxygen atoms in total. The lowest BCUT2D eigenvalue weighted by atomic mass is 10.2. The molecule has 68 valence electrons. The van der Waals surface area contributed by atoms with Crippen LogP contribution in [0.4, 0.5) is 0 Å². The number of rotatable bonds is 2. The van der Waals surface area contributed by atoms with Crippen LogP contribution in [0.15, 0.2) is 29.2 Å². The summed E-state index contributed by atoms with van der Waals surface area (Å²) in [6.07, 6.45) is 0.228. The first-order chi connectivity index (χ1) is 6.04. The van der Waals surface area contributed by atoms with Crippen LogP contribution in [0.2, 0.25) is 0 Å². The van der Waals surface area contributed by atoms with Crippen molar-refractivity contribution in [2.75, 3.05) is 0 Å². The number of benzene rings is 1. The Morgan fingerprint density at radius 1 is 1.31 bits per heavy atom. The summed E-state index contributed by atoms with van der Waals surface area (Å²) in [6, 6.07) is 7.45. The van der Waals surface area contributed by atoms with Crippen molar-refractivity contribution in [3.05, 3.63) is 29.8 Å². The first-order valence-corrected chi connectivity index (χ1v) is 4.91. The molecule has 1 N–H and O–H groups in total. The quantitative estimate of drug-likeness (QED) is 0.717. The van der Waals surface area contributed by atoms with E-state index in [1.165, 1.54) is 24.3 Å². The van der Waals surface area contributed by atoms with Crippen molar-refractivity contribution in [2.24, 2.45) is 0 Å². The molecular weight excluding hydrogens is 190 g/mol. The average molecular weight is 197 g/mol. The molecule has 0 spiro atoms. The second kappa shape index (κ2) is 3.56. The molecule has 0 aromatic heterocycles. The zero-order valence-electron chi connectivity index (χ0n) is 6.64. The molecular formula is C8H7NO3S. The van der Waals surface area contributed by atoms with Crippen LogP contribution >= 0.6 is 0 Å². The van der Waals surface area contributed by atoms with E-state index in [1.54, 1.807) is 0 Å². The lowest BCUT2D eigenvalue weighted by Gasteiger charge is -1.97. The summed E-state index contributed by atoms with van der Waals surface area (Å²) < 4.78 is 29.8. The zero-order valence-corrected chi connectivity index (χ0v) is 7.45. The first kappa shape index (κ1) is 9.71. The summed E-state index contributed by atoms with van der Waals surface area (Å²) in [5, 5.41) is 8.33. The van der Waals surface area contributed by atoms with Crippen molar-refractivity contribution in [1.29, 1.82) is 5.26 Å². The Morgan fingerprint density at radius 2 is 1.85 bits per heavy atom. The van der Waals surface area contributed by atoms with Crippen LogP contribution in [0, 0.1) is 11.3 Å². The van der Waals surface area contributed by atoms with E-state index in [4.69, 9.17) is 9.81 Å². The second-order valence-corrected chi connectivity index (χ2v) is 3.88. The molecule has 0 aliphatic carbocycles. The molecule has 0 atom stereocenters. The third-order valence-electron chi connectivity index (χ3n) is 1.50. The summed E-state index contributed by atoms with van der Waals surface area (Å²) in [6.45, 7) is 0. The maximum absolute atomic E-state index is 10.6. The van der Waals surface area contributed by atoms with Crippen molar-refractivity contribution in [1.82, 2.24) is 0 Å². The van der Waals surface area contributed by atoms with Gasteiger partial charge < -0.3 is 0 Å². The predicted molar refractivity (Wildman–Crippen MR) is 45.6 cm³/mol. The smallest absolute Gasteiger partial charge is 0.282 e. The van der Waals surface area contributed by atoms with Gasteiger partial charge in [-0.05, 0) is 17.7 Å². The largest absolute Gasteiger partial charge is 0.294 e. The Balaban J connectivity index is 3.03. The van der Waals surface area contributed by atoms with E-state index in [2.05, 4.69) is 0 Å². The third kappa shape index (κ3) is 2.54. The summed E-state index contributed by atoms with van der Waals surface area (Å²) in [5.74, 6) is 0. The number of hydrogen-bond donors (Lipinski definition) is 1. The lowest BCUT2D eigenvalue weighted by molar-refractivity contribution is 0.483. The molecule has 0 unspecified atom stereocenters. The van der Waals surface area contributed by atoms with Gasteiger partial charge in [-0.3, -0.25) is 4.55 Å².